The van der Waals surface area contributed by atoms with Gasteiger partial charge in [-0.05, 0) is 91.4 Å². The van der Waals surface area contributed by atoms with Crippen LogP contribution in [-0.2, 0) is 26.0 Å². The van der Waals surface area contributed by atoms with Crippen LogP contribution in [0.15, 0.2) is 78.0 Å². The van der Waals surface area contributed by atoms with E-state index in [1.165, 1.54) is 38.7 Å². The normalized spacial score (nSPS) is 19.3. The summed E-state index contributed by atoms with van der Waals surface area (Å²) in [6.07, 6.45) is 3.52. The van der Waals surface area contributed by atoms with E-state index in [0.717, 1.165) is 56.3 Å². The third kappa shape index (κ3) is 8.36. The van der Waals surface area contributed by atoms with Crippen LogP contribution in [0.4, 0.5) is 4.39 Å². The van der Waals surface area contributed by atoms with E-state index in [2.05, 4.69) is 9.62 Å². The first kappa shape index (κ1) is 38.3. The van der Waals surface area contributed by atoms with Gasteiger partial charge in [-0.2, -0.15) is 4.72 Å². The van der Waals surface area contributed by atoms with Crippen molar-refractivity contribution in [1.29, 1.82) is 0 Å². The maximum Gasteiger partial charge on any atom is 0.329 e. The summed E-state index contributed by atoms with van der Waals surface area (Å²) in [5.41, 5.74) is 0.442. The van der Waals surface area contributed by atoms with Gasteiger partial charge in [0.2, 0.25) is 22.4 Å². The number of esters is 1. The number of carbonyl (C=O) groups excluding carboxylic acids is 2. The zero-order chi connectivity index (χ0) is 38.0. The Morgan fingerprint density at radius 1 is 1.00 bits per heavy atom. The van der Waals surface area contributed by atoms with Crippen molar-refractivity contribution in [2.45, 2.75) is 42.2 Å². The van der Waals surface area contributed by atoms with Crippen molar-refractivity contribution in [3.05, 3.63) is 117 Å². The third-order valence-corrected chi connectivity index (χ3v) is 11.8. The monoisotopic (exact) mass is 787 g/mol. The first-order valence-electron chi connectivity index (χ1n) is 16.6. The van der Waals surface area contributed by atoms with Gasteiger partial charge in [0.1, 0.15) is 28.0 Å². The maximum atomic E-state index is 14.5. The summed E-state index contributed by atoms with van der Waals surface area (Å²) in [4.78, 5) is 28.1. The van der Waals surface area contributed by atoms with Gasteiger partial charge in [-0.3, -0.25) is 10.1 Å². The minimum absolute atomic E-state index is 0.00915. The number of halogens is 3. The molecule has 3 aliphatic heterocycles. The third-order valence-electron chi connectivity index (χ3n) is 9.77. The second kappa shape index (κ2) is 15.9. The number of carbonyl (C=O) groups is 2. The zero-order valence-corrected chi connectivity index (χ0v) is 31.0. The number of piperidine rings is 3. The van der Waals surface area contributed by atoms with Gasteiger partial charge in [0.15, 0.2) is 11.5 Å². The summed E-state index contributed by atoms with van der Waals surface area (Å²) < 4.78 is 62.7. The van der Waals surface area contributed by atoms with Crippen molar-refractivity contribution < 1.29 is 51.7 Å². The zero-order valence-electron chi connectivity index (χ0n) is 28.6. The fourth-order valence-electron chi connectivity index (χ4n) is 7.02. The number of sulfonamides is 1. The molecule has 280 valence electrons. The summed E-state index contributed by atoms with van der Waals surface area (Å²) in [6.45, 7) is 2.28. The lowest BCUT2D eigenvalue weighted by atomic mass is 9.83. The molecule has 0 spiro atoms. The highest BCUT2D eigenvalue weighted by atomic mass is 35.5. The van der Waals surface area contributed by atoms with Gasteiger partial charge >= 0.3 is 5.97 Å². The molecule has 3 saturated heterocycles. The summed E-state index contributed by atoms with van der Waals surface area (Å²) in [6, 6.07) is 11.5. The number of fused-ring (bicyclic) bond motifs is 3. The van der Waals surface area contributed by atoms with Crippen LogP contribution in [-0.4, -0.2) is 70.4 Å². The molecule has 16 heteroatoms. The Morgan fingerprint density at radius 2 is 1.70 bits per heavy atom. The molecule has 3 aromatic carbocycles. The minimum Gasteiger partial charge on any atom is -0.545 e. The van der Waals surface area contributed by atoms with E-state index in [1.807, 2.05) is 0 Å². The van der Waals surface area contributed by atoms with Gasteiger partial charge < -0.3 is 24.1 Å². The number of ether oxygens (including phenoxy) is 3. The molecule has 0 aliphatic carbocycles. The lowest BCUT2D eigenvalue weighted by molar-refractivity contribution is -0.904. The van der Waals surface area contributed by atoms with Gasteiger partial charge in [-0.1, -0.05) is 47.5 Å². The lowest BCUT2D eigenvalue weighted by Crippen LogP contribution is -2.52. The number of hydrogen-bond donors (Lipinski definition) is 2. The Kier molecular flexibility index (Phi) is 11.5. The predicted octanol–water partition coefficient (Wildman–Crippen LogP) is 4.07. The second-order valence-electron chi connectivity index (χ2n) is 12.9. The molecule has 1 aromatic heterocycles. The fraction of sp³-hybridized carbons (Fsp3) is 0.324. The number of nitrogens with zero attached hydrogens (tertiary/aromatic N) is 2. The molecule has 2 N–H and O–H groups in total. The van der Waals surface area contributed by atoms with Crippen molar-refractivity contribution in [2.24, 2.45) is 5.92 Å². The molecule has 2 bridgehead atoms. The number of carboxylic acid groups (broad SMARTS) is 1. The van der Waals surface area contributed by atoms with E-state index in [1.54, 1.807) is 18.2 Å². The second-order valence-corrected chi connectivity index (χ2v) is 15.5. The van der Waals surface area contributed by atoms with Crippen LogP contribution in [0.25, 0.3) is 0 Å². The maximum absolute atomic E-state index is 14.5. The van der Waals surface area contributed by atoms with Crippen molar-refractivity contribution >= 4 is 45.2 Å². The highest BCUT2D eigenvalue weighted by Gasteiger charge is 2.39. The molecule has 0 saturated carbocycles. The van der Waals surface area contributed by atoms with Crippen LogP contribution in [0.1, 0.15) is 57.4 Å². The van der Waals surface area contributed by atoms with Crippen LogP contribution in [0.5, 0.6) is 11.5 Å². The van der Waals surface area contributed by atoms with Crippen LogP contribution < -0.4 is 24.0 Å². The molecule has 3 aliphatic rings. The first-order valence-corrected chi connectivity index (χ1v) is 18.9. The van der Waals surface area contributed by atoms with Crippen LogP contribution in [0.3, 0.4) is 0 Å². The van der Waals surface area contributed by atoms with Crippen molar-refractivity contribution in [3.63, 3.8) is 0 Å². The van der Waals surface area contributed by atoms with E-state index >= 15 is 0 Å². The molecule has 4 aromatic rings. The fourth-order valence-corrected chi connectivity index (χ4v) is 8.84. The molecule has 4 heterocycles. The number of aromatic nitrogens is 1. The minimum atomic E-state index is -4.65. The standard InChI is InChI=1S/C37H36Cl2FN3O9S/c1-50-32-9-6-22(15-33(32)51-2)27(17-29-30(38)18-43(47)19-31(29)39)28-16-25(7-8-26(28)36(44)45)53(48,49)41-35(23-4-3-5-24(40)14-23)37(46)52-34-20-42-12-10-21(34)11-13-42/h3-9,14-16,18-19,21,27,34-35,41H,10-13,17,20H2,1-2H3,(H-,44,45,47)/t27?,34-,35?/m0/s1. The number of carboxylic acids is 1. The topological polar surface area (TPSA) is 158 Å². The lowest BCUT2D eigenvalue weighted by Gasteiger charge is -2.44. The van der Waals surface area contributed by atoms with Gasteiger partial charge in [-0.25, -0.2) is 17.6 Å². The summed E-state index contributed by atoms with van der Waals surface area (Å²) >= 11 is 13.0. The van der Waals surface area contributed by atoms with Crippen LogP contribution in [0, 0.1) is 11.7 Å². The SMILES string of the molecule is COc1ccc(C(Cc2c(Cl)c[n+](O)cc2Cl)c2cc(S(=O)(=O)NC(C(=O)O[C@H]3CN4CCC3CC4)c3cccc(F)c3)ccc2C(=O)[O-])cc1OC. The Hall–Kier alpha value is -4.47. The first-order chi connectivity index (χ1) is 25.3. The molecular formula is C37H36Cl2FN3O9S. The highest BCUT2D eigenvalue weighted by Crippen LogP contribution is 2.40. The van der Waals surface area contributed by atoms with E-state index < -0.39 is 50.7 Å². The van der Waals surface area contributed by atoms with Gasteiger partial charge in [0, 0.05) is 28.3 Å². The highest BCUT2D eigenvalue weighted by molar-refractivity contribution is 7.89. The Bertz CT molecular complexity index is 2120. The Balaban J connectivity index is 1.43. The van der Waals surface area contributed by atoms with Gasteiger partial charge in [-0.15, -0.1) is 0 Å². The summed E-state index contributed by atoms with van der Waals surface area (Å²) in [5, 5.41) is 22.7. The van der Waals surface area contributed by atoms with Crippen LogP contribution >= 0.6 is 23.2 Å². The van der Waals surface area contributed by atoms with E-state index in [9.17, 15) is 32.7 Å². The Labute approximate surface area is 315 Å². The molecule has 2 unspecified atom stereocenters. The number of rotatable bonds is 13. The van der Waals surface area contributed by atoms with E-state index in [0.29, 0.717) is 33.9 Å². The summed E-state index contributed by atoms with van der Waals surface area (Å²) in [5.74, 6) is -3.35. The number of aromatic carboxylic acids is 1. The van der Waals surface area contributed by atoms with Crippen LogP contribution in [0.2, 0.25) is 10.0 Å². The van der Waals surface area contributed by atoms with Crippen molar-refractivity contribution in [3.8, 4) is 11.5 Å². The number of methoxy groups -OCH3 is 2. The number of benzene rings is 3. The molecular weight excluding hydrogens is 752 g/mol. The van der Waals surface area contributed by atoms with Gasteiger partial charge in [0.25, 0.3) is 0 Å². The van der Waals surface area contributed by atoms with E-state index in [4.69, 9.17) is 37.4 Å². The molecule has 7 rings (SSSR count). The average molecular weight is 789 g/mol. The van der Waals surface area contributed by atoms with E-state index in [-0.39, 0.29) is 39.1 Å². The smallest absolute Gasteiger partial charge is 0.329 e. The molecule has 53 heavy (non-hydrogen) atoms. The average Bonchev–Trinajstić information content (AvgIpc) is 3.13. The molecule has 3 atom stereocenters. The predicted molar refractivity (Wildman–Crippen MR) is 188 cm³/mol. The molecule has 0 radical (unpaired) electrons. The molecule has 12 nitrogen and oxygen atoms in total. The number of pyridine rings is 1. The summed E-state index contributed by atoms with van der Waals surface area (Å²) in [7, 11) is -1.78. The number of hydrogen-bond acceptors (Lipinski definition) is 10. The molecule has 3 fully saturated rings. The van der Waals surface area contributed by atoms with Crippen molar-refractivity contribution in [1.82, 2.24) is 9.62 Å². The number of nitrogens with one attached hydrogen (secondary N) is 1. The van der Waals surface area contributed by atoms with Crippen molar-refractivity contribution in [2.75, 3.05) is 33.9 Å². The Morgan fingerprint density at radius 3 is 2.30 bits per heavy atom. The van der Waals surface area contributed by atoms with Gasteiger partial charge in [0.05, 0.1) is 25.1 Å². The quantitative estimate of drug-likeness (QED) is 0.115. The molecule has 0 amide bonds. The largest absolute Gasteiger partial charge is 0.545 e.